The minimum Gasteiger partial charge on any atom is -0.460 e. The molecule has 1 fully saturated rings. The molecule has 3 aliphatic rings. The third-order valence-corrected chi connectivity index (χ3v) is 6.21. The van der Waals surface area contributed by atoms with E-state index in [4.69, 9.17) is 9.84 Å². The van der Waals surface area contributed by atoms with Gasteiger partial charge in [-0.1, -0.05) is 29.8 Å². The standard InChI is InChI=1S/C23H24N4O3/c1-3-30-22(29)20-25-27(16-12-10-15(2)11-13-16)23-14-6-7-17(23)21(28)24-18-8-4-5-9-19(18)26(20)23/h4-5,8-13,17H,3,6-7,14H2,1-2H3,(H,24,28)/t17-,23-/m0/s1. The van der Waals surface area contributed by atoms with Crippen molar-refractivity contribution in [1.29, 1.82) is 0 Å². The lowest BCUT2D eigenvalue weighted by molar-refractivity contribution is -0.135. The second-order valence-corrected chi connectivity index (χ2v) is 7.96. The number of amides is 1. The van der Waals surface area contributed by atoms with Crippen molar-refractivity contribution in [2.45, 2.75) is 38.8 Å². The minimum absolute atomic E-state index is 0.0418. The lowest BCUT2D eigenvalue weighted by Crippen LogP contribution is -2.61. The summed E-state index contributed by atoms with van der Waals surface area (Å²) in [4.78, 5) is 28.2. The lowest BCUT2D eigenvalue weighted by atomic mass is 9.92. The van der Waals surface area contributed by atoms with E-state index in [1.54, 1.807) is 6.92 Å². The number of carbonyl (C=O) groups excluding carboxylic acids is 2. The van der Waals surface area contributed by atoms with Gasteiger partial charge in [-0.3, -0.25) is 9.69 Å². The van der Waals surface area contributed by atoms with Crippen LogP contribution in [0.25, 0.3) is 0 Å². The number of ether oxygens (including phenoxy) is 1. The number of hydrogen-bond donors (Lipinski definition) is 1. The highest BCUT2D eigenvalue weighted by atomic mass is 16.5. The molecule has 1 N–H and O–H groups in total. The molecule has 0 radical (unpaired) electrons. The van der Waals surface area contributed by atoms with Crippen LogP contribution in [0.15, 0.2) is 53.6 Å². The Balaban J connectivity index is 1.76. The molecule has 2 aliphatic heterocycles. The van der Waals surface area contributed by atoms with E-state index < -0.39 is 11.6 Å². The molecule has 7 heteroatoms. The fraction of sp³-hybridized carbons (Fsp3) is 0.348. The van der Waals surface area contributed by atoms with Gasteiger partial charge in [-0.2, -0.15) is 0 Å². The monoisotopic (exact) mass is 404 g/mol. The Morgan fingerprint density at radius 3 is 2.77 bits per heavy atom. The molecule has 2 aromatic carbocycles. The molecule has 5 rings (SSSR count). The number of rotatable bonds is 3. The number of esters is 1. The number of benzene rings is 2. The first-order chi connectivity index (χ1) is 14.6. The van der Waals surface area contributed by atoms with Crippen LogP contribution >= 0.6 is 0 Å². The van der Waals surface area contributed by atoms with E-state index in [1.807, 2.05) is 65.4 Å². The number of hydrazone groups is 1. The average Bonchev–Trinajstić information content (AvgIpc) is 3.30. The number of para-hydroxylation sites is 2. The summed E-state index contributed by atoms with van der Waals surface area (Å²) in [5, 5.41) is 9.73. The van der Waals surface area contributed by atoms with Crippen LogP contribution in [0.2, 0.25) is 0 Å². The van der Waals surface area contributed by atoms with Crippen molar-refractivity contribution in [3.63, 3.8) is 0 Å². The smallest absolute Gasteiger partial charge is 0.376 e. The zero-order valence-electron chi connectivity index (χ0n) is 17.1. The van der Waals surface area contributed by atoms with Gasteiger partial charge in [0.1, 0.15) is 0 Å². The number of carbonyl (C=O) groups is 2. The maximum Gasteiger partial charge on any atom is 0.376 e. The van der Waals surface area contributed by atoms with Gasteiger partial charge in [-0.15, -0.1) is 5.10 Å². The maximum atomic E-state index is 13.3. The molecule has 1 saturated carbocycles. The van der Waals surface area contributed by atoms with Gasteiger partial charge in [-0.25, -0.2) is 9.80 Å². The third kappa shape index (κ3) is 2.54. The van der Waals surface area contributed by atoms with Gasteiger partial charge in [-0.05, 0) is 57.4 Å². The van der Waals surface area contributed by atoms with Crippen molar-refractivity contribution < 1.29 is 14.3 Å². The summed E-state index contributed by atoms with van der Waals surface area (Å²) in [5.74, 6) is -0.656. The van der Waals surface area contributed by atoms with Gasteiger partial charge < -0.3 is 10.1 Å². The van der Waals surface area contributed by atoms with Crippen LogP contribution in [0.3, 0.4) is 0 Å². The predicted molar refractivity (Wildman–Crippen MR) is 115 cm³/mol. The van der Waals surface area contributed by atoms with Crippen molar-refractivity contribution in [2.24, 2.45) is 11.0 Å². The summed E-state index contributed by atoms with van der Waals surface area (Å²) < 4.78 is 5.36. The van der Waals surface area contributed by atoms with Crippen LogP contribution in [-0.2, 0) is 14.3 Å². The maximum absolute atomic E-state index is 13.3. The topological polar surface area (TPSA) is 74.2 Å². The second kappa shape index (κ2) is 6.86. The molecule has 0 bridgehead atoms. The molecule has 0 unspecified atom stereocenters. The van der Waals surface area contributed by atoms with Crippen LogP contribution in [-0.4, -0.2) is 30.0 Å². The third-order valence-electron chi connectivity index (χ3n) is 6.21. The van der Waals surface area contributed by atoms with E-state index in [2.05, 4.69) is 5.32 Å². The SMILES string of the molecule is CCOC(=O)C1=NN(c2ccc(C)cc2)[C@@]23CCC[C@H]2C(=O)Nc2ccccc2N13. The van der Waals surface area contributed by atoms with E-state index in [9.17, 15) is 9.59 Å². The molecule has 7 nitrogen and oxygen atoms in total. The molecule has 154 valence electrons. The van der Waals surface area contributed by atoms with Gasteiger partial charge >= 0.3 is 5.97 Å². The molecule has 0 saturated heterocycles. The Labute approximate surface area is 175 Å². The van der Waals surface area contributed by atoms with E-state index in [-0.39, 0.29) is 24.3 Å². The Morgan fingerprint density at radius 1 is 1.23 bits per heavy atom. The van der Waals surface area contributed by atoms with E-state index >= 15 is 0 Å². The summed E-state index contributed by atoms with van der Waals surface area (Å²) in [7, 11) is 0. The molecule has 1 spiro atoms. The minimum atomic E-state index is -0.784. The zero-order valence-corrected chi connectivity index (χ0v) is 17.1. The molecule has 2 atom stereocenters. The Kier molecular flexibility index (Phi) is 4.27. The zero-order chi connectivity index (χ0) is 20.9. The van der Waals surface area contributed by atoms with Crippen LogP contribution in [0, 0.1) is 12.8 Å². The number of amidine groups is 1. The molecule has 2 heterocycles. The number of fused-ring (bicyclic) bond motifs is 2. The van der Waals surface area contributed by atoms with Gasteiger partial charge in [0.25, 0.3) is 0 Å². The highest BCUT2D eigenvalue weighted by Crippen LogP contribution is 2.53. The summed E-state index contributed by atoms with van der Waals surface area (Å²) in [6.07, 6.45) is 2.30. The number of hydrogen-bond acceptors (Lipinski definition) is 6. The lowest BCUT2D eigenvalue weighted by Gasteiger charge is -2.43. The average molecular weight is 404 g/mol. The first kappa shape index (κ1) is 18.7. The largest absolute Gasteiger partial charge is 0.460 e. The van der Waals surface area contributed by atoms with Gasteiger partial charge in [0, 0.05) is 0 Å². The van der Waals surface area contributed by atoms with Crippen molar-refractivity contribution in [3.05, 3.63) is 54.1 Å². The molecule has 0 aromatic heterocycles. The summed E-state index contributed by atoms with van der Waals surface area (Å²) in [6.45, 7) is 4.06. The molecule has 2 aromatic rings. The fourth-order valence-corrected chi connectivity index (χ4v) is 4.95. The molecule has 30 heavy (non-hydrogen) atoms. The Morgan fingerprint density at radius 2 is 2.00 bits per heavy atom. The second-order valence-electron chi connectivity index (χ2n) is 7.96. The number of aryl methyl sites for hydroxylation is 1. The number of anilines is 3. The summed E-state index contributed by atoms with van der Waals surface area (Å²) >= 11 is 0. The van der Waals surface area contributed by atoms with Crippen LogP contribution < -0.4 is 15.2 Å². The predicted octanol–water partition coefficient (Wildman–Crippen LogP) is 3.65. The fourth-order valence-electron chi connectivity index (χ4n) is 4.95. The molecule has 1 amide bonds. The van der Waals surface area contributed by atoms with Crippen LogP contribution in [0.1, 0.15) is 31.7 Å². The van der Waals surface area contributed by atoms with E-state index in [0.717, 1.165) is 29.8 Å². The summed E-state index contributed by atoms with van der Waals surface area (Å²) in [5.41, 5.74) is 2.64. The van der Waals surface area contributed by atoms with Gasteiger partial charge in [0.15, 0.2) is 5.66 Å². The highest BCUT2D eigenvalue weighted by molar-refractivity contribution is 6.43. The van der Waals surface area contributed by atoms with E-state index in [0.29, 0.717) is 12.1 Å². The Bertz CT molecular complexity index is 1050. The summed E-state index contributed by atoms with van der Waals surface area (Å²) in [6, 6.07) is 15.6. The molecule has 1 aliphatic carbocycles. The van der Waals surface area contributed by atoms with Crippen LogP contribution in [0.4, 0.5) is 17.1 Å². The van der Waals surface area contributed by atoms with E-state index in [1.165, 1.54) is 0 Å². The first-order valence-corrected chi connectivity index (χ1v) is 10.4. The van der Waals surface area contributed by atoms with Gasteiger partial charge in [0.2, 0.25) is 11.7 Å². The normalized spacial score (nSPS) is 24.4. The number of nitrogens with one attached hydrogen (secondary N) is 1. The molecular formula is C23H24N4O3. The van der Waals surface area contributed by atoms with Crippen molar-refractivity contribution >= 4 is 34.8 Å². The van der Waals surface area contributed by atoms with Crippen molar-refractivity contribution in [2.75, 3.05) is 21.8 Å². The Hall–Kier alpha value is -3.35. The highest BCUT2D eigenvalue weighted by Gasteiger charge is 2.62. The van der Waals surface area contributed by atoms with Gasteiger partial charge in [0.05, 0.1) is 29.6 Å². The van der Waals surface area contributed by atoms with Crippen molar-refractivity contribution in [1.82, 2.24) is 0 Å². The first-order valence-electron chi connectivity index (χ1n) is 10.4. The van der Waals surface area contributed by atoms with Crippen LogP contribution in [0.5, 0.6) is 0 Å². The van der Waals surface area contributed by atoms with Crippen molar-refractivity contribution in [3.8, 4) is 0 Å². The molecular weight excluding hydrogens is 380 g/mol. The quantitative estimate of drug-likeness (QED) is 0.791. The number of nitrogens with zero attached hydrogens (tertiary/aromatic N) is 3.